The number of pyridine rings is 1. The molecule has 1 amide bonds. The molecular weight excluding hydrogens is 420 g/mol. The van der Waals surface area contributed by atoms with Gasteiger partial charge >= 0.3 is 5.63 Å². The lowest BCUT2D eigenvalue weighted by atomic mass is 9.83. The predicted molar refractivity (Wildman–Crippen MR) is 125 cm³/mol. The van der Waals surface area contributed by atoms with Crippen molar-refractivity contribution < 1.29 is 13.9 Å². The maximum absolute atomic E-state index is 13.4. The highest BCUT2D eigenvalue weighted by molar-refractivity contribution is 5.89. The quantitative estimate of drug-likeness (QED) is 0.575. The number of piperidine rings is 1. The number of ether oxygens (including phenoxy) is 1. The van der Waals surface area contributed by atoms with E-state index < -0.39 is 6.10 Å². The molecule has 0 spiro atoms. The van der Waals surface area contributed by atoms with Gasteiger partial charge < -0.3 is 18.6 Å². The third-order valence-corrected chi connectivity index (χ3v) is 7.10. The molecule has 7 nitrogen and oxygen atoms in total. The Hall–Kier alpha value is -3.35. The average molecular weight is 449 g/mol. The van der Waals surface area contributed by atoms with Gasteiger partial charge in [-0.2, -0.15) is 0 Å². The van der Waals surface area contributed by atoms with E-state index in [-0.39, 0.29) is 28.9 Å². The lowest BCUT2D eigenvalue weighted by Gasteiger charge is -2.43. The molecule has 172 valence electrons. The third-order valence-electron chi connectivity index (χ3n) is 7.10. The molecule has 33 heavy (non-hydrogen) atoms. The standard InChI is InChI=1S/C26H28N2O5/c1-14-8-21(24-15(2)16(3)26(31)33-22(24)9-14)32-17(4)25(30)27-11-18-10-19(13-27)20-6-5-7-23(29)28(20)12-18/h5-9,17-19H,10-13H2,1-4H3/t17-,18-,19+/m0/s1. The van der Waals surface area contributed by atoms with Crippen LogP contribution >= 0.6 is 0 Å². The minimum absolute atomic E-state index is 0.0299. The number of amides is 1. The van der Waals surface area contributed by atoms with Gasteiger partial charge in [-0.15, -0.1) is 0 Å². The smallest absolute Gasteiger partial charge is 0.339 e. The van der Waals surface area contributed by atoms with Crippen LogP contribution in [0.4, 0.5) is 0 Å². The fourth-order valence-electron chi connectivity index (χ4n) is 5.36. The molecule has 0 N–H and O–H groups in total. The summed E-state index contributed by atoms with van der Waals surface area (Å²) in [6, 6.07) is 9.09. The molecule has 1 aromatic carbocycles. The van der Waals surface area contributed by atoms with Crippen LogP contribution in [0.25, 0.3) is 11.0 Å². The molecular formula is C26H28N2O5. The second kappa shape index (κ2) is 7.90. The Morgan fingerprint density at radius 1 is 1.09 bits per heavy atom. The van der Waals surface area contributed by atoms with Crippen molar-refractivity contribution >= 4 is 16.9 Å². The van der Waals surface area contributed by atoms with Crippen LogP contribution in [0.1, 0.15) is 41.6 Å². The Kier molecular flexibility index (Phi) is 5.15. The van der Waals surface area contributed by atoms with Crippen LogP contribution < -0.4 is 15.9 Å². The second-order valence-electron chi connectivity index (χ2n) is 9.48. The maximum Gasteiger partial charge on any atom is 0.339 e. The van der Waals surface area contributed by atoms with Crippen molar-refractivity contribution in [2.45, 2.75) is 52.7 Å². The Bertz CT molecular complexity index is 1390. The summed E-state index contributed by atoms with van der Waals surface area (Å²) >= 11 is 0. The van der Waals surface area contributed by atoms with Crippen LogP contribution in [0, 0.1) is 26.7 Å². The number of likely N-dealkylation sites (tertiary alicyclic amines) is 1. The minimum atomic E-state index is -0.696. The second-order valence-corrected chi connectivity index (χ2v) is 9.48. The number of aromatic nitrogens is 1. The molecule has 1 saturated heterocycles. The van der Waals surface area contributed by atoms with Crippen LogP contribution in [0.15, 0.2) is 44.3 Å². The first-order valence-electron chi connectivity index (χ1n) is 11.4. The summed E-state index contributed by atoms with van der Waals surface area (Å²) in [5.41, 5.74) is 3.36. The first-order valence-corrected chi connectivity index (χ1v) is 11.4. The van der Waals surface area contributed by atoms with E-state index in [9.17, 15) is 14.4 Å². The Balaban J connectivity index is 1.42. The SMILES string of the molecule is Cc1cc(O[C@@H](C)C(=O)N2C[C@@H]3C[C@H](C2)c2cccc(=O)n2C3)c2c(C)c(C)c(=O)oc2c1. The van der Waals surface area contributed by atoms with E-state index in [1.54, 1.807) is 26.0 Å². The molecule has 0 saturated carbocycles. The van der Waals surface area contributed by atoms with Gasteiger partial charge in [0.25, 0.3) is 11.5 Å². The molecule has 7 heteroatoms. The van der Waals surface area contributed by atoms with Crippen molar-refractivity contribution in [3.05, 3.63) is 73.5 Å². The molecule has 2 aromatic heterocycles. The van der Waals surface area contributed by atoms with E-state index in [0.29, 0.717) is 36.5 Å². The van der Waals surface area contributed by atoms with E-state index in [2.05, 4.69) is 0 Å². The predicted octanol–water partition coefficient (Wildman–Crippen LogP) is 3.29. The van der Waals surface area contributed by atoms with Crippen molar-refractivity contribution in [2.24, 2.45) is 5.92 Å². The molecule has 1 fully saturated rings. The number of fused-ring (bicyclic) bond motifs is 5. The highest BCUT2D eigenvalue weighted by atomic mass is 16.5. The fraction of sp³-hybridized carbons (Fsp3) is 0.423. The largest absolute Gasteiger partial charge is 0.480 e. The fourth-order valence-corrected chi connectivity index (χ4v) is 5.36. The van der Waals surface area contributed by atoms with Gasteiger partial charge in [0.1, 0.15) is 11.3 Å². The lowest BCUT2D eigenvalue weighted by Crippen LogP contribution is -2.52. The van der Waals surface area contributed by atoms with Crippen LogP contribution in [0.3, 0.4) is 0 Å². The topological polar surface area (TPSA) is 81.8 Å². The summed E-state index contributed by atoms with van der Waals surface area (Å²) < 4.78 is 13.5. The summed E-state index contributed by atoms with van der Waals surface area (Å²) in [7, 11) is 0. The van der Waals surface area contributed by atoms with Gasteiger partial charge in [-0.05, 0) is 69.4 Å². The number of carbonyl (C=O) groups excluding carboxylic acids is 1. The zero-order valence-corrected chi connectivity index (χ0v) is 19.4. The summed E-state index contributed by atoms with van der Waals surface area (Å²) in [4.78, 5) is 39.7. The summed E-state index contributed by atoms with van der Waals surface area (Å²) in [5, 5.41) is 0.723. The number of rotatable bonds is 3. The number of carbonyl (C=O) groups is 1. The molecule has 3 atom stereocenters. The Morgan fingerprint density at radius 2 is 1.88 bits per heavy atom. The molecule has 0 unspecified atom stereocenters. The van der Waals surface area contributed by atoms with Crippen molar-refractivity contribution in [1.82, 2.24) is 9.47 Å². The molecule has 4 heterocycles. The van der Waals surface area contributed by atoms with Crippen molar-refractivity contribution in [2.75, 3.05) is 13.1 Å². The highest BCUT2D eigenvalue weighted by Gasteiger charge is 2.37. The van der Waals surface area contributed by atoms with E-state index in [1.807, 2.05) is 41.5 Å². The van der Waals surface area contributed by atoms with Crippen molar-refractivity contribution in [1.29, 1.82) is 0 Å². The first kappa shape index (κ1) is 21.5. The lowest BCUT2D eigenvalue weighted by molar-refractivity contribution is -0.140. The molecule has 5 rings (SSSR count). The van der Waals surface area contributed by atoms with Crippen LogP contribution in [0.2, 0.25) is 0 Å². The van der Waals surface area contributed by atoms with Gasteiger partial charge in [0.05, 0.1) is 5.39 Å². The Labute approximate surface area is 191 Å². The molecule has 0 radical (unpaired) electrons. The molecule has 3 aromatic rings. The van der Waals surface area contributed by atoms with Gasteiger partial charge in [0.15, 0.2) is 6.10 Å². The molecule has 2 bridgehead atoms. The number of nitrogens with zero attached hydrogens (tertiary/aromatic N) is 2. The van der Waals surface area contributed by atoms with Gasteiger partial charge in [-0.3, -0.25) is 9.59 Å². The van der Waals surface area contributed by atoms with Gasteiger partial charge in [0.2, 0.25) is 0 Å². The molecule has 2 aliphatic heterocycles. The third kappa shape index (κ3) is 3.65. The summed E-state index contributed by atoms with van der Waals surface area (Å²) in [6.45, 7) is 9.10. The van der Waals surface area contributed by atoms with Crippen molar-refractivity contribution in [3.8, 4) is 5.75 Å². The number of hydrogen-bond donors (Lipinski definition) is 0. The highest BCUT2D eigenvalue weighted by Crippen LogP contribution is 2.36. The minimum Gasteiger partial charge on any atom is -0.480 e. The zero-order valence-electron chi connectivity index (χ0n) is 19.4. The number of aryl methyl sites for hydroxylation is 2. The van der Waals surface area contributed by atoms with Gasteiger partial charge in [-0.1, -0.05) is 6.07 Å². The van der Waals surface area contributed by atoms with E-state index in [4.69, 9.17) is 9.15 Å². The molecule has 0 aliphatic carbocycles. The van der Waals surface area contributed by atoms with Gasteiger partial charge in [-0.25, -0.2) is 4.79 Å². The normalized spacial score (nSPS) is 20.4. The monoisotopic (exact) mass is 448 g/mol. The number of hydrogen-bond acceptors (Lipinski definition) is 5. The Morgan fingerprint density at radius 3 is 2.67 bits per heavy atom. The van der Waals surface area contributed by atoms with E-state index in [0.717, 1.165) is 28.6 Å². The van der Waals surface area contributed by atoms with Crippen LogP contribution in [0.5, 0.6) is 5.75 Å². The van der Waals surface area contributed by atoms with E-state index in [1.165, 1.54) is 0 Å². The number of benzene rings is 1. The van der Waals surface area contributed by atoms with Crippen molar-refractivity contribution in [3.63, 3.8) is 0 Å². The summed E-state index contributed by atoms with van der Waals surface area (Å²) in [6.07, 6.45) is 0.293. The van der Waals surface area contributed by atoms with Crippen LogP contribution in [-0.4, -0.2) is 34.6 Å². The summed E-state index contributed by atoms with van der Waals surface area (Å²) in [5.74, 6) is 0.884. The first-order chi connectivity index (χ1) is 15.7. The zero-order chi connectivity index (χ0) is 23.4. The molecule has 2 aliphatic rings. The maximum atomic E-state index is 13.4. The van der Waals surface area contributed by atoms with E-state index >= 15 is 0 Å². The van der Waals surface area contributed by atoms with Crippen LogP contribution in [-0.2, 0) is 11.3 Å². The van der Waals surface area contributed by atoms with Gasteiger partial charge in [0, 0.05) is 42.9 Å². The average Bonchev–Trinajstić information content (AvgIpc) is 2.77.